The second-order valence-corrected chi connectivity index (χ2v) is 1.70. The highest BCUT2D eigenvalue weighted by Gasteiger charge is 1.57. The zero-order valence-electron chi connectivity index (χ0n) is 7.44. The topological polar surface area (TPSA) is 52.3 Å². The zero-order valence-corrected chi connectivity index (χ0v) is 7.44. The van der Waals surface area contributed by atoms with Crippen LogP contribution in [-0.2, 0) is 9.53 Å². The third-order valence-electron chi connectivity index (χ3n) is 0.667. The van der Waals surface area contributed by atoms with Crippen LogP contribution in [0.2, 0.25) is 0 Å². The second kappa shape index (κ2) is 16.3. The molecule has 1 amide bonds. The van der Waals surface area contributed by atoms with E-state index >= 15 is 0 Å². The van der Waals surface area contributed by atoms with Crippen molar-refractivity contribution in [2.45, 2.75) is 0 Å². The van der Waals surface area contributed by atoms with Crippen molar-refractivity contribution < 1.29 is 9.53 Å². The molecule has 0 aliphatic carbocycles. The highest BCUT2D eigenvalue weighted by molar-refractivity contribution is 5.42. The SMILES string of the molecule is COC.NC=O.c1ccccc1. The number of hydrogen-bond acceptors (Lipinski definition) is 2. The van der Waals surface area contributed by atoms with Crippen LogP contribution < -0.4 is 5.73 Å². The van der Waals surface area contributed by atoms with Crippen LogP contribution in [0.25, 0.3) is 0 Å². The first-order chi connectivity index (χ1) is 5.83. The lowest BCUT2D eigenvalue weighted by Crippen LogP contribution is -1.82. The van der Waals surface area contributed by atoms with Crippen LogP contribution in [0, 0.1) is 0 Å². The maximum atomic E-state index is 8.58. The summed E-state index contributed by atoms with van der Waals surface area (Å²) in [5.74, 6) is 0. The molecule has 2 N–H and O–H groups in total. The first kappa shape index (κ1) is 13.3. The molecule has 0 saturated carbocycles. The second-order valence-electron chi connectivity index (χ2n) is 1.70. The fraction of sp³-hybridized carbons (Fsp3) is 0.222. The Balaban J connectivity index is 0. The van der Waals surface area contributed by atoms with Crippen molar-refractivity contribution >= 4 is 6.41 Å². The fourth-order valence-electron chi connectivity index (χ4n) is 0.385. The van der Waals surface area contributed by atoms with Gasteiger partial charge in [-0.25, -0.2) is 0 Å². The molecule has 1 rings (SSSR count). The molecule has 3 nitrogen and oxygen atoms in total. The number of carbonyl (C=O) groups excluding carboxylic acids is 1. The molecule has 0 aliphatic rings. The fourth-order valence-corrected chi connectivity index (χ4v) is 0.385. The molecule has 0 aliphatic heterocycles. The van der Waals surface area contributed by atoms with Gasteiger partial charge in [-0.3, -0.25) is 4.79 Å². The maximum absolute atomic E-state index is 8.58. The van der Waals surface area contributed by atoms with Gasteiger partial charge in [-0.05, 0) is 0 Å². The van der Waals surface area contributed by atoms with Crippen molar-refractivity contribution in [3.05, 3.63) is 36.4 Å². The van der Waals surface area contributed by atoms with E-state index in [1.165, 1.54) is 0 Å². The number of amides is 1. The number of hydrogen-bond donors (Lipinski definition) is 1. The monoisotopic (exact) mass is 169 g/mol. The van der Waals surface area contributed by atoms with E-state index in [0.29, 0.717) is 0 Å². The van der Waals surface area contributed by atoms with Crippen molar-refractivity contribution in [2.75, 3.05) is 14.2 Å². The van der Waals surface area contributed by atoms with Crippen LogP contribution in [0.1, 0.15) is 0 Å². The van der Waals surface area contributed by atoms with E-state index in [1.807, 2.05) is 36.4 Å². The minimum atomic E-state index is 0.250. The van der Waals surface area contributed by atoms with Crippen LogP contribution >= 0.6 is 0 Å². The van der Waals surface area contributed by atoms with Gasteiger partial charge in [0.2, 0.25) is 6.41 Å². The number of primary amides is 1. The van der Waals surface area contributed by atoms with Crippen molar-refractivity contribution in [3.8, 4) is 0 Å². The molecule has 12 heavy (non-hydrogen) atoms. The molecule has 0 saturated heterocycles. The van der Waals surface area contributed by atoms with E-state index in [0.717, 1.165) is 0 Å². The quantitative estimate of drug-likeness (QED) is 0.590. The number of benzene rings is 1. The third kappa shape index (κ3) is 23.4. The summed E-state index contributed by atoms with van der Waals surface area (Å²) >= 11 is 0. The molecule has 68 valence electrons. The van der Waals surface area contributed by atoms with E-state index in [9.17, 15) is 0 Å². The zero-order chi connectivity index (χ0) is 9.66. The Labute approximate surface area is 73.2 Å². The summed E-state index contributed by atoms with van der Waals surface area (Å²) in [7, 11) is 3.25. The Morgan fingerprint density at radius 3 is 1.17 bits per heavy atom. The van der Waals surface area contributed by atoms with Crippen LogP contribution in [0.5, 0.6) is 0 Å². The number of ether oxygens (including phenoxy) is 1. The normalized spacial score (nSPS) is 6.50. The maximum Gasteiger partial charge on any atom is 0.204 e. The predicted molar refractivity (Wildman–Crippen MR) is 49.6 cm³/mol. The molecule has 1 aromatic carbocycles. The van der Waals surface area contributed by atoms with Crippen LogP contribution in [0.3, 0.4) is 0 Å². The lowest BCUT2D eigenvalue weighted by Gasteiger charge is -1.69. The molecule has 0 heterocycles. The van der Waals surface area contributed by atoms with Gasteiger partial charge >= 0.3 is 0 Å². The van der Waals surface area contributed by atoms with Crippen molar-refractivity contribution in [2.24, 2.45) is 5.73 Å². The summed E-state index contributed by atoms with van der Waals surface area (Å²) in [6.45, 7) is 0. The Morgan fingerprint density at radius 2 is 1.08 bits per heavy atom. The van der Waals surface area contributed by atoms with Gasteiger partial charge in [-0.2, -0.15) is 0 Å². The summed E-state index contributed by atoms with van der Waals surface area (Å²) in [6, 6.07) is 12.0. The van der Waals surface area contributed by atoms with Gasteiger partial charge in [0, 0.05) is 14.2 Å². The highest BCUT2D eigenvalue weighted by Crippen LogP contribution is 1.79. The Hall–Kier alpha value is -1.35. The molecule has 3 heteroatoms. The van der Waals surface area contributed by atoms with Crippen LogP contribution in [-0.4, -0.2) is 20.6 Å². The van der Waals surface area contributed by atoms with E-state index in [-0.39, 0.29) is 6.41 Å². The van der Waals surface area contributed by atoms with Gasteiger partial charge in [0.25, 0.3) is 0 Å². The third-order valence-corrected chi connectivity index (χ3v) is 0.667. The summed E-state index contributed by atoms with van der Waals surface area (Å²) in [4.78, 5) is 8.58. The van der Waals surface area contributed by atoms with Gasteiger partial charge in [-0.1, -0.05) is 36.4 Å². The molecule has 0 aromatic heterocycles. The molecule has 0 unspecified atom stereocenters. The van der Waals surface area contributed by atoms with Crippen LogP contribution in [0.15, 0.2) is 36.4 Å². The molecule has 0 spiro atoms. The van der Waals surface area contributed by atoms with Gasteiger partial charge < -0.3 is 10.5 Å². The Morgan fingerprint density at radius 1 is 1.00 bits per heavy atom. The molecule has 0 radical (unpaired) electrons. The first-order valence-electron chi connectivity index (χ1n) is 3.39. The van der Waals surface area contributed by atoms with Crippen molar-refractivity contribution in [1.82, 2.24) is 0 Å². The summed E-state index contributed by atoms with van der Waals surface area (Å²) in [5.41, 5.74) is 4.17. The largest absolute Gasteiger partial charge is 0.388 e. The van der Waals surface area contributed by atoms with Gasteiger partial charge in [0.1, 0.15) is 0 Å². The molecule has 1 aromatic rings. The number of rotatable bonds is 0. The molecular weight excluding hydrogens is 154 g/mol. The smallest absolute Gasteiger partial charge is 0.204 e. The van der Waals surface area contributed by atoms with Crippen molar-refractivity contribution in [1.29, 1.82) is 0 Å². The lowest BCUT2D eigenvalue weighted by molar-refractivity contribution is -0.106. The standard InChI is InChI=1S/C6H6.C2H6O.CH3NO/c1-2-4-6-5-3-1;1-3-2;2-1-3/h1-6H;1-2H3;1H,(H2,2,3). The number of methoxy groups -OCH3 is 1. The number of nitrogens with two attached hydrogens (primary N) is 1. The van der Waals surface area contributed by atoms with Crippen LogP contribution in [0.4, 0.5) is 0 Å². The lowest BCUT2D eigenvalue weighted by atomic mass is 10.4. The van der Waals surface area contributed by atoms with E-state index in [1.54, 1.807) is 14.2 Å². The first-order valence-corrected chi connectivity index (χ1v) is 3.39. The van der Waals surface area contributed by atoms with E-state index in [2.05, 4.69) is 10.5 Å². The summed E-state index contributed by atoms with van der Waals surface area (Å²) < 4.78 is 4.25. The average Bonchev–Trinajstić information content (AvgIpc) is 2.10. The predicted octanol–water partition coefficient (Wildman–Crippen LogP) is 1.05. The van der Waals surface area contributed by atoms with E-state index in [4.69, 9.17) is 4.79 Å². The van der Waals surface area contributed by atoms with E-state index < -0.39 is 0 Å². The molecule has 0 fully saturated rings. The summed E-state index contributed by atoms with van der Waals surface area (Å²) in [6.07, 6.45) is 0.250. The minimum Gasteiger partial charge on any atom is -0.388 e. The summed E-state index contributed by atoms with van der Waals surface area (Å²) in [5, 5.41) is 0. The Kier molecular flexibility index (Phi) is 18.0. The number of carbonyl (C=O) groups is 1. The highest BCUT2D eigenvalue weighted by atomic mass is 16.4. The van der Waals surface area contributed by atoms with Gasteiger partial charge in [-0.15, -0.1) is 0 Å². The molecule has 0 bridgehead atoms. The average molecular weight is 169 g/mol. The molecule has 0 atom stereocenters. The van der Waals surface area contributed by atoms with Gasteiger partial charge in [0.15, 0.2) is 0 Å². The van der Waals surface area contributed by atoms with Crippen molar-refractivity contribution in [3.63, 3.8) is 0 Å². The van der Waals surface area contributed by atoms with Gasteiger partial charge in [0.05, 0.1) is 0 Å². The molecular formula is C9H15NO2. The Bertz CT molecular complexity index is 127. The minimum absolute atomic E-state index is 0.250.